The third-order valence-electron chi connectivity index (χ3n) is 2.04. The van der Waals surface area contributed by atoms with Crippen LogP contribution in [0.2, 0.25) is 4.37 Å². The summed E-state index contributed by atoms with van der Waals surface area (Å²) in [4.78, 5) is 0. The molecule has 0 atom stereocenters. The van der Waals surface area contributed by atoms with Gasteiger partial charge >= 0.3 is 89.8 Å². The molecule has 0 aliphatic rings. The zero-order valence-corrected chi connectivity index (χ0v) is 10.4. The van der Waals surface area contributed by atoms with Crippen LogP contribution in [0.25, 0.3) is 0 Å². The van der Waals surface area contributed by atoms with Gasteiger partial charge in [-0.2, -0.15) is 0 Å². The van der Waals surface area contributed by atoms with Crippen LogP contribution in [0.3, 0.4) is 0 Å². The Labute approximate surface area is 89.8 Å². The van der Waals surface area contributed by atoms with E-state index in [1.165, 1.54) is 42.9 Å². The van der Waals surface area contributed by atoms with Gasteiger partial charge in [0.05, 0.1) is 0 Å². The Morgan fingerprint density at radius 1 is 0.667 bits per heavy atom. The van der Waals surface area contributed by atoms with E-state index in [2.05, 4.69) is 0 Å². The molecule has 2 radical (unpaired) electrons. The van der Waals surface area contributed by atoms with E-state index >= 15 is 0 Å². The van der Waals surface area contributed by atoms with Crippen molar-refractivity contribution in [2.45, 2.75) is 55.7 Å². The Hall–Kier alpha value is 0.748. The summed E-state index contributed by atoms with van der Waals surface area (Å²) in [7, 11) is 0. The fraction of sp³-hybridized carbons (Fsp3) is 1.00. The Morgan fingerprint density at radius 3 is 1.50 bits per heavy atom. The Balaban J connectivity index is 2.73. The minimum absolute atomic E-state index is 0.127. The number of unbranched alkanes of at least 4 members (excludes halogenated alkanes) is 7. The number of hydrogen-bond donors (Lipinski definition) is 0. The van der Waals surface area contributed by atoms with Crippen LogP contribution in [0.4, 0.5) is 4.39 Å². The van der Waals surface area contributed by atoms with Gasteiger partial charge in [-0.15, -0.1) is 0 Å². The summed E-state index contributed by atoms with van der Waals surface area (Å²) < 4.78 is 13.0. The van der Waals surface area contributed by atoms with Crippen molar-refractivity contribution in [1.82, 2.24) is 0 Å². The van der Waals surface area contributed by atoms with Crippen LogP contribution in [-0.2, 0) is 0 Å². The molecule has 12 heavy (non-hydrogen) atoms. The van der Waals surface area contributed by atoms with E-state index in [0.717, 1.165) is 12.8 Å². The van der Waals surface area contributed by atoms with E-state index < -0.39 is 0 Å². The second-order valence-electron chi connectivity index (χ2n) is 3.24. The van der Waals surface area contributed by atoms with Gasteiger partial charge in [0.15, 0.2) is 0 Å². The topological polar surface area (TPSA) is 0 Å². The number of rotatable bonds is 9. The zero-order chi connectivity index (χ0) is 9.07. The molecule has 0 spiro atoms. The first-order valence-electron chi connectivity index (χ1n) is 5.08. The number of alkyl halides is 1. The van der Waals surface area contributed by atoms with Crippen molar-refractivity contribution in [1.29, 1.82) is 0 Å². The summed E-state index contributed by atoms with van der Waals surface area (Å²) in [5, 5.41) is 0. The minimum atomic E-state index is -0.127. The molecule has 0 N–H and O–H groups in total. The first-order chi connectivity index (χ1) is 5.91. The van der Waals surface area contributed by atoms with Crippen LogP contribution < -0.4 is 0 Å². The number of halogens is 1. The predicted molar refractivity (Wildman–Crippen MR) is 53.5 cm³/mol. The molecule has 0 bridgehead atoms. The Bertz CT molecular complexity index is 66.2. The summed E-state index contributed by atoms with van der Waals surface area (Å²) in [6.07, 6.45) is 9.96. The third kappa shape index (κ3) is 10.7. The van der Waals surface area contributed by atoms with E-state index in [9.17, 15) is 4.39 Å². The summed E-state index contributed by atoms with van der Waals surface area (Å²) >= 11 is 1.92. The molecule has 0 nitrogen and oxygen atoms in total. The average Bonchev–Trinajstić information content (AvgIpc) is 2.10. The van der Waals surface area contributed by atoms with Crippen LogP contribution in [0.5, 0.6) is 0 Å². The van der Waals surface area contributed by atoms with Gasteiger partial charge in [0.2, 0.25) is 0 Å². The maximum absolute atomic E-state index is 11.7. The van der Waals surface area contributed by atoms with Crippen molar-refractivity contribution < 1.29 is 4.39 Å². The van der Waals surface area contributed by atoms with Crippen LogP contribution >= 0.6 is 0 Å². The van der Waals surface area contributed by atoms with Crippen molar-refractivity contribution in [2.75, 3.05) is 6.67 Å². The molecule has 0 saturated carbocycles. The first-order valence-corrected chi connectivity index (χ1v) is 6.89. The van der Waals surface area contributed by atoms with Gasteiger partial charge in [-0.05, 0) is 0 Å². The molecule has 0 unspecified atom stereocenters. The van der Waals surface area contributed by atoms with Gasteiger partial charge in [-0.3, -0.25) is 0 Å². The summed E-state index contributed by atoms with van der Waals surface area (Å²) in [6, 6.07) is 0. The van der Waals surface area contributed by atoms with Crippen LogP contribution in [-0.4, -0.2) is 29.7 Å². The molecule has 0 aromatic heterocycles. The van der Waals surface area contributed by atoms with Crippen LogP contribution in [0.15, 0.2) is 0 Å². The fourth-order valence-electron chi connectivity index (χ4n) is 1.27. The summed E-state index contributed by atoms with van der Waals surface area (Å²) in [5.74, 6) is 0. The summed E-state index contributed by atoms with van der Waals surface area (Å²) in [6.45, 7) is -0.127. The molecule has 0 aliphatic carbocycles. The molecule has 0 aromatic rings. The molecule has 0 heterocycles. The van der Waals surface area contributed by atoms with E-state index in [0.29, 0.717) is 0 Å². The maximum atomic E-state index is 11.7. The molecule has 0 fully saturated rings. The van der Waals surface area contributed by atoms with Gasteiger partial charge in [0.25, 0.3) is 0 Å². The second-order valence-corrected chi connectivity index (χ2v) is 4.52. The van der Waals surface area contributed by atoms with Crippen molar-refractivity contribution in [3.63, 3.8) is 0 Å². The molecule has 0 rings (SSSR count). The van der Waals surface area contributed by atoms with Crippen LogP contribution in [0.1, 0.15) is 51.4 Å². The molecule has 2 heteroatoms. The van der Waals surface area contributed by atoms with Gasteiger partial charge in [0, 0.05) is 0 Å². The summed E-state index contributed by atoms with van der Waals surface area (Å²) in [5.41, 5.74) is 0. The standard InChI is InChI=1S/C10H20F.Sb/c1-2-3-4-5-6-7-8-9-10-11;/h1-10H2;. The first kappa shape index (κ1) is 12.7. The van der Waals surface area contributed by atoms with Gasteiger partial charge < -0.3 is 0 Å². The van der Waals surface area contributed by atoms with Gasteiger partial charge in [0.1, 0.15) is 0 Å². The molecule has 0 saturated heterocycles. The predicted octanol–water partition coefficient (Wildman–Crippen LogP) is 3.66. The number of hydrogen-bond acceptors (Lipinski definition) is 0. The average molecular weight is 281 g/mol. The molecule has 72 valence electrons. The van der Waals surface area contributed by atoms with Crippen molar-refractivity contribution in [2.24, 2.45) is 0 Å². The molecule has 0 amide bonds. The van der Waals surface area contributed by atoms with Crippen molar-refractivity contribution in [3.05, 3.63) is 0 Å². The zero-order valence-electron chi connectivity index (χ0n) is 7.90. The normalized spacial score (nSPS) is 10.5. The van der Waals surface area contributed by atoms with E-state index in [1.54, 1.807) is 0 Å². The Morgan fingerprint density at radius 2 is 1.08 bits per heavy atom. The molecule has 0 aromatic carbocycles. The van der Waals surface area contributed by atoms with Crippen molar-refractivity contribution >= 4 is 23.0 Å². The van der Waals surface area contributed by atoms with E-state index in [-0.39, 0.29) is 6.67 Å². The van der Waals surface area contributed by atoms with Gasteiger partial charge in [-0.25, -0.2) is 0 Å². The third-order valence-corrected chi connectivity index (χ3v) is 2.94. The van der Waals surface area contributed by atoms with Gasteiger partial charge in [-0.1, -0.05) is 0 Å². The fourth-order valence-corrected chi connectivity index (χ4v) is 1.91. The Kier molecular flexibility index (Phi) is 12.5. The second kappa shape index (κ2) is 11.7. The van der Waals surface area contributed by atoms with E-state index in [4.69, 9.17) is 0 Å². The SMILES string of the molecule is FCCCCCCCCC[CH2][Sb]. The molecular formula is C10H20FSb. The molecule has 0 aliphatic heterocycles. The molecular weight excluding hydrogens is 261 g/mol. The monoisotopic (exact) mass is 280 g/mol. The van der Waals surface area contributed by atoms with E-state index in [1.807, 2.05) is 23.0 Å². The quantitative estimate of drug-likeness (QED) is 0.447. The van der Waals surface area contributed by atoms with Crippen molar-refractivity contribution in [3.8, 4) is 0 Å². The van der Waals surface area contributed by atoms with Crippen LogP contribution in [0, 0.1) is 0 Å².